The minimum Gasteiger partial charge on any atom is -0.493 e. The molecule has 1 saturated heterocycles. The predicted octanol–water partition coefficient (Wildman–Crippen LogP) is 0.977. The number of piperazine rings is 1. The fourth-order valence-corrected chi connectivity index (χ4v) is 4.04. The van der Waals surface area contributed by atoms with Gasteiger partial charge in [-0.2, -0.15) is 17.0 Å². The van der Waals surface area contributed by atoms with E-state index in [1.54, 1.807) is 12.0 Å². The Morgan fingerprint density at radius 1 is 1.15 bits per heavy atom. The zero-order chi connectivity index (χ0) is 20.0. The van der Waals surface area contributed by atoms with Gasteiger partial charge in [0.2, 0.25) is 5.91 Å². The van der Waals surface area contributed by atoms with Gasteiger partial charge in [0.1, 0.15) is 0 Å². The summed E-state index contributed by atoms with van der Waals surface area (Å²) in [5.41, 5.74) is 0.998. The van der Waals surface area contributed by atoms with Gasteiger partial charge in [0.15, 0.2) is 11.5 Å². The number of aryl methyl sites for hydroxylation is 1. The van der Waals surface area contributed by atoms with Crippen molar-refractivity contribution in [3.63, 3.8) is 0 Å². The maximum Gasteiger partial charge on any atom is 0.281 e. The third-order valence-electron chi connectivity index (χ3n) is 4.53. The van der Waals surface area contributed by atoms with Crippen LogP contribution >= 0.6 is 0 Å². The highest BCUT2D eigenvalue weighted by molar-refractivity contribution is 7.86. The number of benzene rings is 1. The van der Waals surface area contributed by atoms with Crippen LogP contribution in [0.2, 0.25) is 0 Å². The molecule has 0 saturated carbocycles. The lowest BCUT2D eigenvalue weighted by Crippen LogP contribution is -2.53. The van der Waals surface area contributed by atoms with Crippen molar-refractivity contribution in [3.8, 4) is 11.5 Å². The minimum atomic E-state index is -3.42. The van der Waals surface area contributed by atoms with E-state index >= 15 is 0 Å². The van der Waals surface area contributed by atoms with Crippen molar-refractivity contribution in [2.24, 2.45) is 0 Å². The summed E-state index contributed by atoms with van der Waals surface area (Å²) in [4.78, 5) is 14.2. The van der Waals surface area contributed by atoms with E-state index in [9.17, 15) is 13.2 Å². The topological polar surface area (TPSA) is 79.4 Å². The van der Waals surface area contributed by atoms with Gasteiger partial charge in [-0.15, -0.1) is 0 Å². The van der Waals surface area contributed by atoms with E-state index < -0.39 is 10.2 Å². The van der Waals surface area contributed by atoms with Crippen molar-refractivity contribution in [1.29, 1.82) is 0 Å². The van der Waals surface area contributed by atoms with Crippen LogP contribution in [-0.4, -0.2) is 81.8 Å². The number of carbonyl (C=O) groups excluding carboxylic acids is 1. The molecule has 1 aliphatic heterocycles. The van der Waals surface area contributed by atoms with Crippen molar-refractivity contribution in [1.82, 2.24) is 13.5 Å². The second-order valence-electron chi connectivity index (χ2n) is 6.49. The zero-order valence-electron chi connectivity index (χ0n) is 16.5. The Bertz CT molecular complexity index is 743. The van der Waals surface area contributed by atoms with Gasteiger partial charge in [0, 0.05) is 46.7 Å². The summed E-state index contributed by atoms with van der Waals surface area (Å²) in [6.45, 7) is 3.95. The second kappa shape index (κ2) is 9.38. The molecular formula is C18H29N3O5S. The summed E-state index contributed by atoms with van der Waals surface area (Å²) in [5.74, 6) is 1.38. The van der Waals surface area contributed by atoms with E-state index in [1.165, 1.54) is 22.7 Å². The van der Waals surface area contributed by atoms with E-state index in [1.807, 2.05) is 25.1 Å². The monoisotopic (exact) mass is 399 g/mol. The molecule has 1 aromatic rings. The molecule has 1 heterocycles. The maximum atomic E-state index is 12.5. The molecule has 152 valence electrons. The van der Waals surface area contributed by atoms with Gasteiger partial charge < -0.3 is 14.4 Å². The molecule has 1 aromatic carbocycles. The van der Waals surface area contributed by atoms with E-state index in [0.29, 0.717) is 57.1 Å². The first-order chi connectivity index (χ1) is 12.8. The summed E-state index contributed by atoms with van der Waals surface area (Å²) in [6.07, 6.45) is 0.968. The number of nitrogens with zero attached hydrogens (tertiary/aromatic N) is 3. The molecule has 1 aliphatic rings. The Morgan fingerprint density at radius 2 is 1.81 bits per heavy atom. The normalized spacial score (nSPS) is 15.8. The highest BCUT2D eigenvalue weighted by Crippen LogP contribution is 2.28. The van der Waals surface area contributed by atoms with Crippen molar-refractivity contribution in [3.05, 3.63) is 23.8 Å². The average molecular weight is 400 g/mol. The standard InChI is InChI=1S/C18H29N3O5S/c1-5-26-16-8-6-15(14-17(16)25-4)7-9-18(22)20-10-12-21(13-11-20)27(23,24)19(2)3/h6,8,14H,5,7,9-13H2,1-4H3. The van der Waals surface area contributed by atoms with Gasteiger partial charge in [0.05, 0.1) is 13.7 Å². The molecule has 0 bridgehead atoms. The van der Waals surface area contributed by atoms with E-state index in [0.717, 1.165) is 5.56 Å². The van der Waals surface area contributed by atoms with Gasteiger partial charge in [0.25, 0.3) is 10.2 Å². The first-order valence-electron chi connectivity index (χ1n) is 9.04. The third kappa shape index (κ3) is 5.33. The molecule has 0 radical (unpaired) electrons. The molecule has 0 N–H and O–H groups in total. The second-order valence-corrected chi connectivity index (χ2v) is 8.63. The summed E-state index contributed by atoms with van der Waals surface area (Å²) in [6, 6.07) is 5.68. The molecule has 2 rings (SSSR count). The molecule has 0 spiro atoms. The van der Waals surface area contributed by atoms with Crippen LogP contribution in [0.5, 0.6) is 11.5 Å². The van der Waals surface area contributed by atoms with Gasteiger partial charge in [-0.25, -0.2) is 0 Å². The third-order valence-corrected chi connectivity index (χ3v) is 6.48. The Kier molecular flexibility index (Phi) is 7.46. The molecule has 27 heavy (non-hydrogen) atoms. The lowest BCUT2D eigenvalue weighted by atomic mass is 10.1. The Labute approximate surface area is 161 Å². The molecule has 9 heteroatoms. The zero-order valence-corrected chi connectivity index (χ0v) is 17.3. The van der Waals surface area contributed by atoms with Crippen LogP contribution in [0.3, 0.4) is 0 Å². The molecule has 1 amide bonds. The van der Waals surface area contributed by atoms with Crippen LogP contribution in [0.4, 0.5) is 0 Å². The summed E-state index contributed by atoms with van der Waals surface area (Å²) in [7, 11) is 1.20. The fraction of sp³-hybridized carbons (Fsp3) is 0.611. The highest BCUT2D eigenvalue weighted by atomic mass is 32.2. The van der Waals surface area contributed by atoms with Crippen LogP contribution in [0.15, 0.2) is 18.2 Å². The smallest absolute Gasteiger partial charge is 0.281 e. The highest BCUT2D eigenvalue weighted by Gasteiger charge is 2.29. The number of hydrogen-bond acceptors (Lipinski definition) is 5. The number of methoxy groups -OCH3 is 1. The SMILES string of the molecule is CCOc1ccc(CCC(=O)N2CCN(S(=O)(=O)N(C)C)CC2)cc1OC. The average Bonchev–Trinajstić information content (AvgIpc) is 2.67. The molecule has 0 aliphatic carbocycles. The van der Waals surface area contributed by atoms with Gasteiger partial charge >= 0.3 is 0 Å². The number of amides is 1. The molecule has 0 unspecified atom stereocenters. The fourth-order valence-electron chi connectivity index (χ4n) is 2.95. The van der Waals surface area contributed by atoms with Crippen molar-refractivity contribution in [2.45, 2.75) is 19.8 Å². The maximum absolute atomic E-state index is 12.5. The van der Waals surface area contributed by atoms with Crippen LogP contribution < -0.4 is 9.47 Å². The largest absolute Gasteiger partial charge is 0.493 e. The quantitative estimate of drug-likeness (QED) is 0.651. The van der Waals surface area contributed by atoms with Crippen LogP contribution in [0, 0.1) is 0 Å². The lowest BCUT2D eigenvalue weighted by molar-refractivity contribution is -0.132. The predicted molar refractivity (Wildman–Crippen MR) is 103 cm³/mol. The number of carbonyl (C=O) groups is 1. The molecular weight excluding hydrogens is 370 g/mol. The molecule has 0 aromatic heterocycles. The Morgan fingerprint density at radius 3 is 2.37 bits per heavy atom. The van der Waals surface area contributed by atoms with Crippen LogP contribution in [0.25, 0.3) is 0 Å². The summed E-state index contributed by atoms with van der Waals surface area (Å²) in [5, 5.41) is 0. The van der Waals surface area contributed by atoms with Crippen molar-refractivity contribution < 1.29 is 22.7 Å². The van der Waals surface area contributed by atoms with Crippen LogP contribution in [0.1, 0.15) is 18.9 Å². The van der Waals surface area contributed by atoms with Crippen LogP contribution in [-0.2, 0) is 21.4 Å². The number of rotatable bonds is 8. The van der Waals surface area contributed by atoms with Gasteiger partial charge in [-0.3, -0.25) is 4.79 Å². The number of hydrogen-bond donors (Lipinski definition) is 0. The van der Waals surface area contributed by atoms with Gasteiger partial charge in [-0.1, -0.05) is 6.07 Å². The minimum absolute atomic E-state index is 0.0322. The van der Waals surface area contributed by atoms with E-state index in [4.69, 9.17) is 9.47 Å². The molecule has 0 atom stereocenters. The van der Waals surface area contributed by atoms with Gasteiger partial charge in [-0.05, 0) is 31.0 Å². The first kappa shape index (κ1) is 21.5. The van der Waals surface area contributed by atoms with Crippen molar-refractivity contribution >= 4 is 16.1 Å². The molecule has 1 fully saturated rings. The van der Waals surface area contributed by atoms with Crippen molar-refractivity contribution in [2.75, 3.05) is 54.0 Å². The molecule has 8 nitrogen and oxygen atoms in total. The number of ether oxygens (including phenoxy) is 2. The first-order valence-corrected chi connectivity index (χ1v) is 10.4. The van der Waals surface area contributed by atoms with E-state index in [2.05, 4.69) is 0 Å². The Hall–Kier alpha value is -1.84. The van der Waals surface area contributed by atoms with E-state index in [-0.39, 0.29) is 5.91 Å². The summed E-state index contributed by atoms with van der Waals surface area (Å²) >= 11 is 0. The Balaban J connectivity index is 1.88. The summed E-state index contributed by atoms with van der Waals surface area (Å²) < 4.78 is 37.7. The lowest BCUT2D eigenvalue weighted by Gasteiger charge is -2.35.